The molecule has 2 unspecified atom stereocenters. The smallest absolute Gasteiger partial charge is 0.263 e. The van der Waals surface area contributed by atoms with Crippen molar-refractivity contribution in [1.29, 1.82) is 0 Å². The van der Waals surface area contributed by atoms with E-state index >= 15 is 0 Å². The van der Waals surface area contributed by atoms with Crippen LogP contribution in [0.4, 0.5) is 15.8 Å². The van der Waals surface area contributed by atoms with Gasteiger partial charge < -0.3 is 10.2 Å². The average molecular weight is 477 g/mol. The normalized spacial score (nSPS) is 20.6. The van der Waals surface area contributed by atoms with Gasteiger partial charge in [0.2, 0.25) is 0 Å². The van der Waals surface area contributed by atoms with Crippen LogP contribution in [-0.4, -0.2) is 33.6 Å². The summed E-state index contributed by atoms with van der Waals surface area (Å²) in [5.41, 5.74) is 0.654. The van der Waals surface area contributed by atoms with Crippen LogP contribution in [-0.2, 0) is 10.0 Å². The lowest BCUT2D eigenvalue weighted by Crippen LogP contribution is -2.54. The number of nitrogens with one attached hydrogen (secondary N) is 2. The zero-order valence-electron chi connectivity index (χ0n) is 14.8. The molecule has 2 aromatic carbocycles. The first-order valence-corrected chi connectivity index (χ1v) is 11.1. The van der Waals surface area contributed by atoms with E-state index in [1.165, 1.54) is 24.3 Å². The van der Waals surface area contributed by atoms with Crippen LogP contribution in [0.25, 0.3) is 0 Å². The Morgan fingerprint density at radius 2 is 1.85 bits per heavy atom. The first-order chi connectivity index (χ1) is 12.7. The van der Waals surface area contributed by atoms with Gasteiger partial charge in [-0.1, -0.05) is 27.5 Å². The fourth-order valence-electron chi connectivity index (χ4n) is 3.22. The summed E-state index contributed by atoms with van der Waals surface area (Å²) in [6, 6.07) is 9.42. The fraction of sp³-hybridized carbons (Fsp3) is 0.333. The molecule has 5 nitrogen and oxygen atoms in total. The summed E-state index contributed by atoms with van der Waals surface area (Å²) >= 11 is 9.28. The lowest BCUT2D eigenvalue weighted by molar-refractivity contribution is 0.407. The maximum atomic E-state index is 14.3. The van der Waals surface area contributed by atoms with Gasteiger partial charge in [-0.15, -0.1) is 0 Å². The first-order valence-electron chi connectivity index (χ1n) is 8.44. The molecule has 1 fully saturated rings. The van der Waals surface area contributed by atoms with Gasteiger partial charge in [0.15, 0.2) is 0 Å². The number of hydrogen-bond acceptors (Lipinski definition) is 4. The molecule has 0 radical (unpaired) electrons. The number of anilines is 2. The second-order valence-electron chi connectivity index (χ2n) is 6.72. The maximum Gasteiger partial charge on any atom is 0.263 e. The lowest BCUT2D eigenvalue weighted by Gasteiger charge is -2.37. The van der Waals surface area contributed by atoms with Crippen LogP contribution in [0.15, 0.2) is 45.8 Å². The van der Waals surface area contributed by atoms with Crippen molar-refractivity contribution in [2.24, 2.45) is 0 Å². The molecule has 0 aromatic heterocycles. The van der Waals surface area contributed by atoms with Gasteiger partial charge >= 0.3 is 0 Å². The lowest BCUT2D eigenvalue weighted by atomic mass is 10.1. The number of halogens is 3. The second-order valence-corrected chi connectivity index (χ2v) is 9.69. The Morgan fingerprint density at radius 3 is 2.48 bits per heavy atom. The zero-order chi connectivity index (χ0) is 19.8. The fourth-order valence-corrected chi connectivity index (χ4v) is 5.32. The van der Waals surface area contributed by atoms with Crippen LogP contribution in [0.5, 0.6) is 0 Å². The third-order valence-corrected chi connectivity index (χ3v) is 6.64. The molecule has 2 N–H and O–H groups in total. The largest absolute Gasteiger partial charge is 0.368 e. The molecule has 0 bridgehead atoms. The standard InChI is InChI=1S/C18H20BrClFN3O2S/c1-11-9-24(10-12(2)22-11)14-4-5-16(21)17(8-14)23-27(25,26)18-6-3-13(19)7-15(18)20/h3-8,11-12,22-23H,9-10H2,1-2H3. The second kappa shape index (κ2) is 7.95. The van der Waals surface area contributed by atoms with Crippen LogP contribution in [0.1, 0.15) is 13.8 Å². The molecular weight excluding hydrogens is 457 g/mol. The van der Waals surface area contributed by atoms with E-state index in [-0.39, 0.29) is 27.7 Å². The van der Waals surface area contributed by atoms with Gasteiger partial charge in [0.05, 0.1) is 10.7 Å². The predicted molar refractivity (Wildman–Crippen MR) is 111 cm³/mol. The van der Waals surface area contributed by atoms with Crippen molar-refractivity contribution in [3.8, 4) is 0 Å². The topological polar surface area (TPSA) is 61.4 Å². The summed E-state index contributed by atoms with van der Waals surface area (Å²) in [4.78, 5) is 2.00. The Kier molecular flexibility index (Phi) is 6.00. The molecule has 1 saturated heterocycles. The predicted octanol–water partition coefficient (Wildman–Crippen LogP) is 4.23. The average Bonchev–Trinajstić information content (AvgIpc) is 2.55. The van der Waals surface area contributed by atoms with E-state index in [4.69, 9.17) is 11.6 Å². The van der Waals surface area contributed by atoms with E-state index in [9.17, 15) is 12.8 Å². The molecule has 27 heavy (non-hydrogen) atoms. The van der Waals surface area contributed by atoms with Gasteiger partial charge in [-0.3, -0.25) is 4.72 Å². The van der Waals surface area contributed by atoms with E-state index < -0.39 is 15.8 Å². The summed E-state index contributed by atoms with van der Waals surface area (Å²) in [6.07, 6.45) is 0. The number of piperazine rings is 1. The molecule has 9 heteroatoms. The van der Waals surface area contributed by atoms with E-state index in [0.29, 0.717) is 4.47 Å². The summed E-state index contributed by atoms with van der Waals surface area (Å²) in [5.74, 6) is -0.646. The van der Waals surface area contributed by atoms with Crippen molar-refractivity contribution < 1.29 is 12.8 Å². The van der Waals surface area contributed by atoms with Gasteiger partial charge in [0.25, 0.3) is 10.0 Å². The molecular formula is C18H20BrClFN3O2S. The summed E-state index contributed by atoms with van der Waals surface area (Å²) in [6.45, 7) is 5.65. The van der Waals surface area contributed by atoms with Gasteiger partial charge in [-0.25, -0.2) is 12.8 Å². The van der Waals surface area contributed by atoms with Gasteiger partial charge in [0.1, 0.15) is 10.7 Å². The van der Waals surface area contributed by atoms with Crippen molar-refractivity contribution in [2.45, 2.75) is 30.8 Å². The van der Waals surface area contributed by atoms with Crippen molar-refractivity contribution in [2.75, 3.05) is 22.7 Å². The van der Waals surface area contributed by atoms with Crippen LogP contribution < -0.4 is 14.9 Å². The van der Waals surface area contributed by atoms with Crippen molar-refractivity contribution in [1.82, 2.24) is 5.32 Å². The van der Waals surface area contributed by atoms with Gasteiger partial charge in [-0.2, -0.15) is 0 Å². The van der Waals surface area contributed by atoms with Crippen molar-refractivity contribution in [3.05, 3.63) is 51.7 Å². The molecule has 3 rings (SSSR count). The van der Waals surface area contributed by atoms with Crippen LogP contribution in [0.3, 0.4) is 0 Å². The van der Waals surface area contributed by atoms with E-state index in [2.05, 4.69) is 44.7 Å². The number of rotatable bonds is 4. The SMILES string of the molecule is CC1CN(c2ccc(F)c(NS(=O)(=O)c3ccc(Br)cc3Cl)c2)CC(C)N1. The molecule has 1 heterocycles. The molecule has 146 valence electrons. The summed E-state index contributed by atoms with van der Waals surface area (Å²) in [7, 11) is -4.03. The quantitative estimate of drug-likeness (QED) is 0.693. The summed E-state index contributed by atoms with van der Waals surface area (Å²) < 4.78 is 42.6. The molecule has 1 aliphatic rings. The number of nitrogens with zero attached hydrogens (tertiary/aromatic N) is 1. The Labute approximate surface area is 172 Å². The van der Waals surface area contributed by atoms with Crippen LogP contribution in [0.2, 0.25) is 5.02 Å². The molecule has 0 spiro atoms. The van der Waals surface area contributed by atoms with Crippen LogP contribution >= 0.6 is 27.5 Å². The number of benzene rings is 2. The Hall–Kier alpha value is -1.35. The molecule has 2 atom stereocenters. The van der Waals surface area contributed by atoms with Gasteiger partial charge in [0, 0.05) is 35.3 Å². The molecule has 0 amide bonds. The Morgan fingerprint density at radius 1 is 1.19 bits per heavy atom. The van der Waals surface area contributed by atoms with E-state index in [0.717, 1.165) is 18.8 Å². The van der Waals surface area contributed by atoms with E-state index in [1.807, 2.05) is 0 Å². The minimum absolute atomic E-state index is 0.0539. The third kappa shape index (κ3) is 4.74. The van der Waals surface area contributed by atoms with Crippen molar-refractivity contribution >= 4 is 48.9 Å². The summed E-state index contributed by atoms with van der Waals surface area (Å²) in [5, 5.41) is 3.48. The minimum Gasteiger partial charge on any atom is -0.368 e. The number of sulfonamides is 1. The zero-order valence-corrected chi connectivity index (χ0v) is 18.0. The highest BCUT2D eigenvalue weighted by molar-refractivity contribution is 9.10. The first kappa shape index (κ1) is 20.4. The van der Waals surface area contributed by atoms with E-state index in [1.54, 1.807) is 12.1 Å². The Bertz CT molecular complexity index is 948. The number of hydrogen-bond donors (Lipinski definition) is 2. The highest BCUT2D eigenvalue weighted by Crippen LogP contribution is 2.30. The van der Waals surface area contributed by atoms with Crippen molar-refractivity contribution in [3.63, 3.8) is 0 Å². The highest BCUT2D eigenvalue weighted by Gasteiger charge is 2.24. The van der Waals surface area contributed by atoms with Gasteiger partial charge in [-0.05, 0) is 50.2 Å². The third-order valence-electron chi connectivity index (χ3n) is 4.30. The monoisotopic (exact) mass is 475 g/mol. The highest BCUT2D eigenvalue weighted by atomic mass is 79.9. The molecule has 1 aliphatic heterocycles. The molecule has 0 aliphatic carbocycles. The molecule has 0 saturated carbocycles. The maximum absolute atomic E-state index is 14.3. The Balaban J connectivity index is 1.90. The minimum atomic E-state index is -4.03. The molecule has 2 aromatic rings. The van der Waals surface area contributed by atoms with Crippen LogP contribution in [0, 0.1) is 5.82 Å².